The number of thioether (sulfide) groups is 1. The fraction of sp³-hybridized carbons (Fsp3) is 0.136. The van der Waals surface area contributed by atoms with Crippen LogP contribution in [-0.2, 0) is 21.8 Å². The Balaban J connectivity index is 1.33. The standard InChI is InChI=1S/C22H18N2O4S2/c25-20(23-12-16-7-5-11-29-16)13-27-21(26)17-8-2-1-6-15(17)14-30-22-24-18-9-3-4-10-19(18)28-22/h1-11H,12-14H2,(H,23,25). The first-order valence-corrected chi connectivity index (χ1v) is 11.1. The van der Waals surface area contributed by atoms with Crippen molar-refractivity contribution in [2.24, 2.45) is 0 Å². The minimum atomic E-state index is -0.532. The van der Waals surface area contributed by atoms with Crippen molar-refractivity contribution in [1.29, 1.82) is 0 Å². The molecule has 0 bridgehead atoms. The lowest BCUT2D eigenvalue weighted by molar-refractivity contribution is -0.124. The van der Waals surface area contributed by atoms with Gasteiger partial charge in [0.2, 0.25) is 0 Å². The van der Waals surface area contributed by atoms with Gasteiger partial charge in [-0.2, -0.15) is 0 Å². The zero-order chi connectivity index (χ0) is 20.8. The Morgan fingerprint density at radius 3 is 2.73 bits per heavy atom. The number of thiophene rings is 1. The summed E-state index contributed by atoms with van der Waals surface area (Å²) in [5.74, 6) is -0.381. The number of carbonyl (C=O) groups excluding carboxylic acids is 2. The molecular weight excluding hydrogens is 420 g/mol. The highest BCUT2D eigenvalue weighted by Crippen LogP contribution is 2.27. The molecule has 1 N–H and O–H groups in total. The quantitative estimate of drug-likeness (QED) is 0.318. The highest BCUT2D eigenvalue weighted by molar-refractivity contribution is 7.98. The van der Waals surface area contributed by atoms with Crippen LogP contribution in [0.4, 0.5) is 0 Å². The topological polar surface area (TPSA) is 81.4 Å². The number of para-hydroxylation sites is 2. The molecule has 8 heteroatoms. The molecule has 2 aromatic carbocycles. The molecule has 0 fully saturated rings. The number of fused-ring (bicyclic) bond motifs is 1. The minimum Gasteiger partial charge on any atom is -0.452 e. The molecule has 4 aromatic rings. The van der Waals surface area contributed by atoms with E-state index in [1.54, 1.807) is 23.5 Å². The van der Waals surface area contributed by atoms with Gasteiger partial charge in [0.25, 0.3) is 11.1 Å². The molecule has 0 aliphatic carbocycles. The van der Waals surface area contributed by atoms with Crippen molar-refractivity contribution in [2.75, 3.05) is 6.61 Å². The second-order valence-electron chi connectivity index (χ2n) is 6.33. The summed E-state index contributed by atoms with van der Waals surface area (Å²) in [4.78, 5) is 29.9. The maximum atomic E-state index is 12.5. The molecule has 0 aliphatic rings. The average Bonchev–Trinajstić information content (AvgIpc) is 3.44. The first-order valence-electron chi connectivity index (χ1n) is 9.21. The number of amides is 1. The van der Waals surface area contributed by atoms with Crippen LogP contribution in [0, 0.1) is 0 Å². The van der Waals surface area contributed by atoms with Crippen molar-refractivity contribution in [3.8, 4) is 0 Å². The van der Waals surface area contributed by atoms with Gasteiger partial charge in [-0.05, 0) is 35.2 Å². The number of hydrogen-bond acceptors (Lipinski definition) is 7. The van der Waals surface area contributed by atoms with Crippen LogP contribution >= 0.6 is 23.1 Å². The maximum Gasteiger partial charge on any atom is 0.338 e. The number of esters is 1. The number of nitrogens with zero attached hydrogens (tertiary/aromatic N) is 1. The van der Waals surface area contributed by atoms with Crippen LogP contribution in [0.5, 0.6) is 0 Å². The summed E-state index contributed by atoms with van der Waals surface area (Å²) in [6, 6.07) is 18.6. The molecule has 1 amide bonds. The van der Waals surface area contributed by atoms with Gasteiger partial charge in [-0.25, -0.2) is 9.78 Å². The lowest BCUT2D eigenvalue weighted by atomic mass is 10.1. The van der Waals surface area contributed by atoms with E-state index in [1.807, 2.05) is 53.9 Å². The third kappa shape index (κ3) is 5.08. The normalized spacial score (nSPS) is 10.8. The lowest BCUT2D eigenvalue weighted by Crippen LogP contribution is -2.28. The molecule has 30 heavy (non-hydrogen) atoms. The zero-order valence-corrected chi connectivity index (χ0v) is 17.5. The van der Waals surface area contributed by atoms with Gasteiger partial charge >= 0.3 is 5.97 Å². The van der Waals surface area contributed by atoms with Crippen LogP contribution in [0.2, 0.25) is 0 Å². The Hall–Kier alpha value is -3.10. The molecule has 0 aliphatic heterocycles. The van der Waals surface area contributed by atoms with Gasteiger partial charge in [-0.1, -0.05) is 48.2 Å². The number of nitrogens with one attached hydrogen (secondary N) is 1. The van der Waals surface area contributed by atoms with Crippen molar-refractivity contribution in [1.82, 2.24) is 10.3 Å². The average molecular weight is 439 g/mol. The Morgan fingerprint density at radius 1 is 1.07 bits per heavy atom. The predicted molar refractivity (Wildman–Crippen MR) is 116 cm³/mol. The van der Waals surface area contributed by atoms with Gasteiger partial charge in [-0.15, -0.1) is 11.3 Å². The number of aromatic nitrogens is 1. The van der Waals surface area contributed by atoms with Crippen molar-refractivity contribution in [3.63, 3.8) is 0 Å². The molecule has 4 rings (SSSR count). The molecule has 152 valence electrons. The van der Waals surface area contributed by atoms with E-state index in [4.69, 9.17) is 9.15 Å². The predicted octanol–water partition coefficient (Wildman–Crippen LogP) is 4.65. The highest BCUT2D eigenvalue weighted by atomic mass is 32.2. The molecule has 6 nitrogen and oxygen atoms in total. The first-order chi connectivity index (χ1) is 14.7. The van der Waals surface area contributed by atoms with Crippen LogP contribution in [0.25, 0.3) is 11.1 Å². The molecule has 2 heterocycles. The number of oxazole rings is 1. The fourth-order valence-electron chi connectivity index (χ4n) is 2.76. The second-order valence-corrected chi connectivity index (χ2v) is 8.28. The van der Waals surface area contributed by atoms with Gasteiger partial charge in [0.1, 0.15) is 5.52 Å². The van der Waals surface area contributed by atoms with Crippen LogP contribution in [-0.4, -0.2) is 23.5 Å². The van der Waals surface area contributed by atoms with Crippen molar-refractivity contribution in [3.05, 3.63) is 82.0 Å². The molecule has 0 saturated carbocycles. The fourth-order valence-corrected chi connectivity index (χ4v) is 4.24. The van der Waals surface area contributed by atoms with Crippen LogP contribution in [0.1, 0.15) is 20.8 Å². The lowest BCUT2D eigenvalue weighted by Gasteiger charge is -2.09. The SMILES string of the molecule is O=C(COC(=O)c1ccccc1CSc1nc2ccccc2o1)NCc1cccs1. The van der Waals surface area contributed by atoms with E-state index >= 15 is 0 Å². The summed E-state index contributed by atoms with van der Waals surface area (Å²) >= 11 is 2.95. The Morgan fingerprint density at radius 2 is 1.90 bits per heavy atom. The highest BCUT2D eigenvalue weighted by Gasteiger charge is 2.15. The van der Waals surface area contributed by atoms with Crippen LogP contribution < -0.4 is 5.32 Å². The number of ether oxygens (including phenoxy) is 1. The monoisotopic (exact) mass is 438 g/mol. The zero-order valence-electron chi connectivity index (χ0n) is 15.9. The third-order valence-corrected chi connectivity index (χ3v) is 5.99. The van der Waals surface area contributed by atoms with Gasteiger partial charge in [0, 0.05) is 10.6 Å². The first kappa shape index (κ1) is 20.2. The van der Waals surface area contributed by atoms with E-state index in [-0.39, 0.29) is 12.5 Å². The summed E-state index contributed by atoms with van der Waals surface area (Å²) < 4.78 is 10.9. The van der Waals surface area contributed by atoms with E-state index in [0.29, 0.717) is 23.1 Å². The number of rotatable bonds is 8. The molecule has 0 atom stereocenters. The molecule has 2 aromatic heterocycles. The number of carbonyl (C=O) groups is 2. The van der Waals surface area contributed by atoms with Crippen molar-refractivity contribution < 1.29 is 18.7 Å². The van der Waals surface area contributed by atoms with Crippen LogP contribution in [0.3, 0.4) is 0 Å². The summed E-state index contributed by atoms with van der Waals surface area (Å²) in [6.07, 6.45) is 0. The summed E-state index contributed by atoms with van der Waals surface area (Å²) in [6.45, 7) is 0.0998. The summed E-state index contributed by atoms with van der Waals surface area (Å²) in [5.41, 5.74) is 2.73. The van der Waals surface area contributed by atoms with Gasteiger partial charge in [0.05, 0.1) is 12.1 Å². The van der Waals surface area contributed by atoms with E-state index in [2.05, 4.69) is 10.3 Å². The molecule has 0 spiro atoms. The molecule has 0 unspecified atom stereocenters. The van der Waals surface area contributed by atoms with Gasteiger partial charge < -0.3 is 14.5 Å². The third-order valence-electron chi connectivity index (χ3n) is 4.24. The van der Waals surface area contributed by atoms with E-state index in [0.717, 1.165) is 21.5 Å². The van der Waals surface area contributed by atoms with Crippen molar-refractivity contribution >= 4 is 46.1 Å². The van der Waals surface area contributed by atoms with Gasteiger partial charge in [0.15, 0.2) is 12.2 Å². The minimum absolute atomic E-state index is 0.323. The van der Waals surface area contributed by atoms with E-state index in [9.17, 15) is 9.59 Å². The second kappa shape index (κ2) is 9.60. The molecule has 0 saturated heterocycles. The molecule has 0 radical (unpaired) electrons. The van der Waals surface area contributed by atoms with Crippen molar-refractivity contribution in [2.45, 2.75) is 17.5 Å². The Bertz CT molecular complexity index is 1120. The van der Waals surface area contributed by atoms with E-state index < -0.39 is 5.97 Å². The summed E-state index contributed by atoms with van der Waals surface area (Å²) in [5, 5.41) is 5.21. The number of hydrogen-bond donors (Lipinski definition) is 1. The van der Waals surface area contributed by atoms with Crippen LogP contribution in [0.15, 0.2) is 75.7 Å². The summed E-state index contributed by atoms with van der Waals surface area (Å²) in [7, 11) is 0. The Labute approximate surface area is 181 Å². The van der Waals surface area contributed by atoms with Gasteiger partial charge in [-0.3, -0.25) is 4.79 Å². The Kier molecular flexibility index (Phi) is 6.46. The maximum absolute atomic E-state index is 12.5. The smallest absolute Gasteiger partial charge is 0.338 e. The molecular formula is C22H18N2O4S2. The number of benzene rings is 2. The van der Waals surface area contributed by atoms with E-state index in [1.165, 1.54) is 11.8 Å². The largest absolute Gasteiger partial charge is 0.452 e.